The van der Waals surface area contributed by atoms with Crippen molar-refractivity contribution >= 4 is 22.8 Å². The molecular formula is C18H21FN2O4. The van der Waals surface area contributed by atoms with Crippen molar-refractivity contribution < 1.29 is 23.5 Å². The number of likely N-dealkylation sites (N-methyl/N-ethyl adjacent to an activating group) is 1. The highest BCUT2D eigenvalue weighted by atomic mass is 19.1. The molecule has 25 heavy (non-hydrogen) atoms. The second kappa shape index (κ2) is 6.48. The Hall–Kier alpha value is -2.41. The molecule has 2 atom stereocenters. The molecule has 0 unspecified atom stereocenters. The quantitative estimate of drug-likeness (QED) is 0.919. The molecule has 1 aliphatic heterocycles. The molecule has 1 fully saturated rings. The van der Waals surface area contributed by atoms with Gasteiger partial charge in [-0.05, 0) is 6.07 Å². The van der Waals surface area contributed by atoms with Crippen LogP contribution in [-0.4, -0.2) is 59.0 Å². The Kier molecular flexibility index (Phi) is 4.51. The molecule has 2 heterocycles. The Morgan fingerprint density at radius 1 is 1.36 bits per heavy atom. The van der Waals surface area contributed by atoms with Crippen LogP contribution < -0.4 is 0 Å². The fraction of sp³-hybridized carbons (Fsp3) is 0.444. The number of rotatable bonds is 3. The van der Waals surface area contributed by atoms with Crippen molar-refractivity contribution in [2.75, 3.05) is 20.1 Å². The van der Waals surface area contributed by atoms with Gasteiger partial charge in [0.15, 0.2) is 11.4 Å². The lowest BCUT2D eigenvalue weighted by atomic mass is 10.1. The van der Waals surface area contributed by atoms with Gasteiger partial charge in [-0.15, -0.1) is 0 Å². The number of fused-ring (bicyclic) bond motifs is 1. The number of nitrogens with zero attached hydrogens (tertiary/aromatic N) is 2. The molecule has 0 saturated carbocycles. The van der Waals surface area contributed by atoms with E-state index in [0.717, 1.165) is 0 Å². The maximum atomic E-state index is 13.7. The van der Waals surface area contributed by atoms with E-state index >= 15 is 0 Å². The molecular weight excluding hydrogens is 327 g/mol. The smallest absolute Gasteiger partial charge is 0.257 e. The molecule has 0 aliphatic carbocycles. The minimum Gasteiger partial charge on any atom is -0.460 e. The maximum Gasteiger partial charge on any atom is 0.257 e. The summed E-state index contributed by atoms with van der Waals surface area (Å²) in [5, 5.41) is 10.7. The summed E-state index contributed by atoms with van der Waals surface area (Å²) in [6.45, 7) is 4.05. The van der Waals surface area contributed by atoms with Gasteiger partial charge in [-0.1, -0.05) is 26.0 Å². The van der Waals surface area contributed by atoms with Crippen molar-refractivity contribution in [2.45, 2.75) is 26.0 Å². The zero-order valence-corrected chi connectivity index (χ0v) is 14.4. The fourth-order valence-electron chi connectivity index (χ4n) is 3.22. The van der Waals surface area contributed by atoms with Gasteiger partial charge in [-0.2, -0.15) is 0 Å². The van der Waals surface area contributed by atoms with Crippen LogP contribution in [0, 0.1) is 11.7 Å². The minimum absolute atomic E-state index is 0.0304. The monoisotopic (exact) mass is 348 g/mol. The van der Waals surface area contributed by atoms with Crippen LogP contribution in [0.25, 0.3) is 11.0 Å². The van der Waals surface area contributed by atoms with Gasteiger partial charge in [0.05, 0.1) is 17.7 Å². The molecule has 1 aromatic carbocycles. The topological polar surface area (TPSA) is 74.0 Å². The standard InChI is InChI=1S/C18H21FN2O4/c1-10(2)17(23)21-7-14(15(22)8-21)20(3)18(24)12-9-25-16-11(12)5-4-6-13(16)19/h4-6,9-10,14-15,22H,7-8H2,1-3H3/t14-,15-/m1/s1. The van der Waals surface area contributed by atoms with Gasteiger partial charge in [0.2, 0.25) is 5.91 Å². The summed E-state index contributed by atoms with van der Waals surface area (Å²) in [7, 11) is 1.57. The first-order valence-electron chi connectivity index (χ1n) is 8.21. The first-order valence-corrected chi connectivity index (χ1v) is 8.21. The Morgan fingerprint density at radius 2 is 2.08 bits per heavy atom. The number of hydrogen-bond donors (Lipinski definition) is 1. The number of likely N-dealkylation sites (tertiary alicyclic amines) is 1. The fourth-order valence-corrected chi connectivity index (χ4v) is 3.22. The highest BCUT2D eigenvalue weighted by Crippen LogP contribution is 2.26. The van der Waals surface area contributed by atoms with E-state index in [-0.39, 0.29) is 42.0 Å². The number of carbonyl (C=O) groups excluding carboxylic acids is 2. The maximum absolute atomic E-state index is 13.7. The summed E-state index contributed by atoms with van der Waals surface area (Å²) in [5.74, 6) is -1.15. The second-order valence-electron chi connectivity index (χ2n) is 6.71. The van der Waals surface area contributed by atoms with E-state index < -0.39 is 18.0 Å². The molecule has 1 aliphatic rings. The number of para-hydroxylation sites is 1. The summed E-state index contributed by atoms with van der Waals surface area (Å²) < 4.78 is 18.9. The van der Waals surface area contributed by atoms with Gasteiger partial charge < -0.3 is 19.3 Å². The molecule has 0 spiro atoms. The van der Waals surface area contributed by atoms with Crippen molar-refractivity contribution in [3.63, 3.8) is 0 Å². The van der Waals surface area contributed by atoms with Crippen LogP contribution in [0.1, 0.15) is 24.2 Å². The lowest BCUT2D eigenvalue weighted by molar-refractivity contribution is -0.133. The zero-order chi connectivity index (χ0) is 18.3. The summed E-state index contributed by atoms with van der Waals surface area (Å²) in [4.78, 5) is 27.9. The number of benzene rings is 1. The number of halogens is 1. The Morgan fingerprint density at radius 3 is 2.76 bits per heavy atom. The molecule has 1 N–H and O–H groups in total. The molecule has 0 radical (unpaired) electrons. The number of furan rings is 1. The number of aliphatic hydroxyl groups is 1. The Bertz CT molecular complexity index is 817. The minimum atomic E-state index is -0.827. The van der Waals surface area contributed by atoms with Gasteiger partial charge in [0.1, 0.15) is 6.26 Å². The SMILES string of the molecule is CC(C)C(=O)N1C[C@@H](O)[C@H](N(C)C(=O)c2coc3c(F)cccc23)C1. The van der Waals surface area contributed by atoms with Crippen molar-refractivity contribution in [1.29, 1.82) is 0 Å². The van der Waals surface area contributed by atoms with E-state index in [0.29, 0.717) is 5.39 Å². The van der Waals surface area contributed by atoms with E-state index in [2.05, 4.69) is 0 Å². The summed E-state index contributed by atoms with van der Waals surface area (Å²) in [5.41, 5.74) is 0.265. The number of aliphatic hydroxyl groups excluding tert-OH is 1. The van der Waals surface area contributed by atoms with Gasteiger partial charge in [-0.3, -0.25) is 9.59 Å². The summed E-state index contributed by atoms with van der Waals surface area (Å²) in [6, 6.07) is 3.87. The molecule has 2 amide bonds. The van der Waals surface area contributed by atoms with Crippen LogP contribution in [0.15, 0.2) is 28.9 Å². The third-order valence-electron chi connectivity index (χ3n) is 4.66. The van der Waals surface area contributed by atoms with E-state index in [1.807, 2.05) is 0 Å². The highest BCUT2D eigenvalue weighted by Gasteiger charge is 2.39. The summed E-state index contributed by atoms with van der Waals surface area (Å²) in [6.07, 6.45) is 0.400. The predicted molar refractivity (Wildman–Crippen MR) is 89.5 cm³/mol. The van der Waals surface area contributed by atoms with Crippen LogP contribution in [-0.2, 0) is 4.79 Å². The van der Waals surface area contributed by atoms with Gasteiger partial charge in [-0.25, -0.2) is 4.39 Å². The molecule has 1 saturated heterocycles. The van der Waals surface area contributed by atoms with Crippen molar-refractivity contribution in [3.8, 4) is 0 Å². The van der Waals surface area contributed by atoms with Gasteiger partial charge >= 0.3 is 0 Å². The zero-order valence-electron chi connectivity index (χ0n) is 14.4. The molecule has 3 rings (SSSR count). The van der Waals surface area contributed by atoms with E-state index in [1.54, 1.807) is 31.9 Å². The predicted octanol–water partition coefficient (Wildman–Crippen LogP) is 1.87. The lowest BCUT2D eigenvalue weighted by Gasteiger charge is -2.26. The molecule has 1 aromatic heterocycles. The normalized spacial score (nSPS) is 20.5. The average Bonchev–Trinajstić information content (AvgIpc) is 3.17. The molecule has 7 heteroatoms. The van der Waals surface area contributed by atoms with Crippen LogP contribution in [0.3, 0.4) is 0 Å². The lowest BCUT2D eigenvalue weighted by Crippen LogP contribution is -2.44. The highest BCUT2D eigenvalue weighted by molar-refractivity contribution is 6.06. The number of amides is 2. The van der Waals surface area contributed by atoms with Gasteiger partial charge in [0, 0.05) is 31.4 Å². The summed E-state index contributed by atoms with van der Waals surface area (Å²) >= 11 is 0. The first kappa shape index (κ1) is 17.4. The van der Waals surface area contributed by atoms with Crippen LogP contribution in [0.2, 0.25) is 0 Å². The van der Waals surface area contributed by atoms with E-state index in [9.17, 15) is 19.1 Å². The number of hydrogen-bond acceptors (Lipinski definition) is 4. The van der Waals surface area contributed by atoms with Crippen LogP contribution in [0.5, 0.6) is 0 Å². The third kappa shape index (κ3) is 3.00. The molecule has 134 valence electrons. The molecule has 0 bridgehead atoms. The Balaban J connectivity index is 1.82. The molecule has 2 aromatic rings. The van der Waals surface area contributed by atoms with Gasteiger partial charge in [0.25, 0.3) is 5.91 Å². The average molecular weight is 348 g/mol. The second-order valence-corrected chi connectivity index (χ2v) is 6.71. The van der Waals surface area contributed by atoms with Crippen LogP contribution in [0.4, 0.5) is 4.39 Å². The first-order chi connectivity index (χ1) is 11.8. The van der Waals surface area contributed by atoms with E-state index in [1.165, 1.54) is 23.3 Å². The number of carbonyl (C=O) groups is 2. The third-order valence-corrected chi connectivity index (χ3v) is 4.66. The van der Waals surface area contributed by atoms with Crippen molar-refractivity contribution in [2.24, 2.45) is 5.92 Å². The number of β-amino-alcohol motifs (C(OH)–C–C–N with tert-alkyl or cyclic N) is 1. The Labute approximate surface area is 144 Å². The van der Waals surface area contributed by atoms with E-state index in [4.69, 9.17) is 4.42 Å². The van der Waals surface area contributed by atoms with Crippen molar-refractivity contribution in [1.82, 2.24) is 9.80 Å². The molecule has 6 nitrogen and oxygen atoms in total. The van der Waals surface area contributed by atoms with Crippen LogP contribution >= 0.6 is 0 Å². The van der Waals surface area contributed by atoms with Crippen molar-refractivity contribution in [3.05, 3.63) is 35.8 Å². The largest absolute Gasteiger partial charge is 0.460 e.